The summed E-state index contributed by atoms with van der Waals surface area (Å²) in [6.45, 7) is 2.68. The molecule has 2 aromatic rings. The fourth-order valence-electron chi connectivity index (χ4n) is 2.77. The fraction of sp³-hybridized carbons (Fsp3) is 0.500. The van der Waals surface area contributed by atoms with Gasteiger partial charge in [-0.25, -0.2) is 0 Å². The summed E-state index contributed by atoms with van der Waals surface area (Å²) >= 11 is 6.09. The second-order valence-electron chi connectivity index (χ2n) is 5.78. The quantitative estimate of drug-likeness (QED) is 0.903. The molecule has 1 aromatic carbocycles. The lowest BCUT2D eigenvalue weighted by molar-refractivity contribution is 0.316. The van der Waals surface area contributed by atoms with E-state index < -0.39 is 5.54 Å². The second-order valence-corrected chi connectivity index (χ2v) is 6.21. The lowest BCUT2D eigenvalue weighted by Gasteiger charge is -2.17. The molecule has 6 heteroatoms. The maximum Gasteiger partial charge on any atom is 0.261 e. The van der Waals surface area contributed by atoms with Gasteiger partial charge in [-0.1, -0.05) is 36.5 Å². The molecule has 0 aliphatic heterocycles. The Labute approximate surface area is 134 Å². The standard InChI is InChI=1S/C16H20ClN3O2/c1-2-9-21-13-6-5-11(17)10-12(13)14-19-15(20-22-14)16(18)7-3-4-8-16/h5-6,10H,2-4,7-9,18H2,1H3. The molecular weight excluding hydrogens is 302 g/mol. The monoisotopic (exact) mass is 321 g/mol. The molecule has 0 saturated heterocycles. The van der Waals surface area contributed by atoms with Gasteiger partial charge in [0, 0.05) is 5.02 Å². The Hall–Kier alpha value is -1.59. The van der Waals surface area contributed by atoms with Gasteiger partial charge >= 0.3 is 0 Å². The minimum Gasteiger partial charge on any atom is -0.493 e. The Balaban J connectivity index is 1.94. The van der Waals surface area contributed by atoms with E-state index in [2.05, 4.69) is 17.1 Å². The van der Waals surface area contributed by atoms with Crippen LogP contribution in [-0.2, 0) is 5.54 Å². The maximum atomic E-state index is 6.38. The fourth-order valence-corrected chi connectivity index (χ4v) is 2.94. The van der Waals surface area contributed by atoms with E-state index in [4.69, 9.17) is 26.6 Å². The highest BCUT2D eigenvalue weighted by Crippen LogP contribution is 2.37. The van der Waals surface area contributed by atoms with Crippen LogP contribution in [0.4, 0.5) is 0 Å². The minimum atomic E-state index is -0.467. The van der Waals surface area contributed by atoms with E-state index >= 15 is 0 Å². The third-order valence-electron chi connectivity index (χ3n) is 4.00. The molecule has 1 aliphatic rings. The number of rotatable bonds is 5. The van der Waals surface area contributed by atoms with Crippen LogP contribution in [0.5, 0.6) is 5.75 Å². The molecule has 0 bridgehead atoms. The number of halogens is 1. The van der Waals surface area contributed by atoms with Crippen LogP contribution in [0.25, 0.3) is 11.5 Å². The molecule has 1 fully saturated rings. The predicted molar refractivity (Wildman–Crippen MR) is 84.9 cm³/mol. The van der Waals surface area contributed by atoms with Crippen LogP contribution in [0.1, 0.15) is 44.9 Å². The van der Waals surface area contributed by atoms with Crippen LogP contribution in [0.3, 0.4) is 0 Å². The molecule has 5 nitrogen and oxygen atoms in total. The van der Waals surface area contributed by atoms with Crippen LogP contribution in [0.2, 0.25) is 5.02 Å². The Morgan fingerprint density at radius 1 is 1.36 bits per heavy atom. The van der Waals surface area contributed by atoms with Crippen molar-refractivity contribution >= 4 is 11.6 Å². The molecule has 3 rings (SSSR count). The average molecular weight is 322 g/mol. The van der Waals surface area contributed by atoms with Gasteiger partial charge in [0.25, 0.3) is 5.89 Å². The van der Waals surface area contributed by atoms with Crippen LogP contribution in [0, 0.1) is 0 Å². The Kier molecular flexibility index (Phi) is 4.36. The van der Waals surface area contributed by atoms with Crippen molar-refractivity contribution in [2.24, 2.45) is 5.73 Å². The van der Waals surface area contributed by atoms with Crippen LogP contribution in [-0.4, -0.2) is 16.7 Å². The van der Waals surface area contributed by atoms with Gasteiger partial charge in [0.1, 0.15) is 5.75 Å². The normalized spacial score (nSPS) is 16.9. The van der Waals surface area contributed by atoms with E-state index in [0.717, 1.165) is 32.1 Å². The first-order valence-electron chi connectivity index (χ1n) is 7.68. The second kappa shape index (κ2) is 6.26. The lowest BCUT2D eigenvalue weighted by atomic mass is 9.99. The van der Waals surface area contributed by atoms with Crippen molar-refractivity contribution < 1.29 is 9.26 Å². The van der Waals surface area contributed by atoms with E-state index in [1.807, 2.05) is 6.07 Å². The number of hydrogen-bond donors (Lipinski definition) is 1. The Morgan fingerprint density at radius 2 is 2.14 bits per heavy atom. The van der Waals surface area contributed by atoms with Gasteiger partial charge in [0.05, 0.1) is 17.7 Å². The number of benzene rings is 1. The summed E-state index contributed by atoms with van der Waals surface area (Å²) in [7, 11) is 0. The van der Waals surface area contributed by atoms with Gasteiger partial charge in [0.2, 0.25) is 0 Å². The van der Waals surface area contributed by atoms with E-state index in [9.17, 15) is 0 Å². The largest absolute Gasteiger partial charge is 0.493 e. The topological polar surface area (TPSA) is 74.2 Å². The van der Waals surface area contributed by atoms with Crippen molar-refractivity contribution in [3.63, 3.8) is 0 Å². The summed E-state index contributed by atoms with van der Waals surface area (Å²) in [4.78, 5) is 4.50. The highest BCUT2D eigenvalue weighted by atomic mass is 35.5. The molecule has 0 unspecified atom stereocenters. The van der Waals surface area contributed by atoms with Gasteiger partial charge in [-0.05, 0) is 37.5 Å². The first-order chi connectivity index (χ1) is 10.6. The summed E-state index contributed by atoms with van der Waals surface area (Å²) in [6, 6.07) is 5.39. The Morgan fingerprint density at radius 3 is 2.86 bits per heavy atom. The third kappa shape index (κ3) is 2.96. The molecular formula is C16H20ClN3O2. The molecule has 0 spiro atoms. The molecule has 1 aliphatic carbocycles. The number of nitrogens with zero attached hydrogens (tertiary/aromatic N) is 2. The molecule has 22 heavy (non-hydrogen) atoms. The molecule has 118 valence electrons. The molecule has 2 N–H and O–H groups in total. The van der Waals surface area contributed by atoms with E-state index in [1.165, 1.54) is 0 Å². The zero-order valence-electron chi connectivity index (χ0n) is 12.6. The average Bonchev–Trinajstić information content (AvgIpc) is 3.16. The summed E-state index contributed by atoms with van der Waals surface area (Å²) in [5, 5.41) is 4.69. The summed E-state index contributed by atoms with van der Waals surface area (Å²) in [5.41, 5.74) is 6.62. The van der Waals surface area contributed by atoms with E-state index in [1.54, 1.807) is 12.1 Å². The molecule has 1 aromatic heterocycles. The van der Waals surface area contributed by atoms with Crippen LogP contribution >= 0.6 is 11.6 Å². The number of nitrogens with two attached hydrogens (primary N) is 1. The first-order valence-corrected chi connectivity index (χ1v) is 8.06. The van der Waals surface area contributed by atoms with Crippen molar-refractivity contribution in [1.82, 2.24) is 10.1 Å². The number of ether oxygens (including phenoxy) is 1. The lowest BCUT2D eigenvalue weighted by Crippen LogP contribution is -2.34. The SMILES string of the molecule is CCCOc1ccc(Cl)cc1-c1nc(C2(N)CCCC2)no1. The molecule has 1 saturated carbocycles. The van der Waals surface area contributed by atoms with Gasteiger partial charge in [-0.2, -0.15) is 4.98 Å². The zero-order valence-corrected chi connectivity index (χ0v) is 13.4. The first kappa shape index (κ1) is 15.3. The number of hydrogen-bond acceptors (Lipinski definition) is 5. The van der Waals surface area contributed by atoms with Crippen molar-refractivity contribution in [3.8, 4) is 17.2 Å². The predicted octanol–water partition coefficient (Wildman–Crippen LogP) is 3.91. The van der Waals surface area contributed by atoms with Gasteiger partial charge < -0.3 is 15.0 Å². The van der Waals surface area contributed by atoms with Crippen LogP contribution < -0.4 is 10.5 Å². The van der Waals surface area contributed by atoms with Crippen molar-refractivity contribution in [2.45, 2.75) is 44.6 Å². The summed E-state index contributed by atoms with van der Waals surface area (Å²) in [5.74, 6) is 1.67. The van der Waals surface area contributed by atoms with Crippen molar-refractivity contribution in [1.29, 1.82) is 0 Å². The minimum absolute atomic E-state index is 0.403. The van der Waals surface area contributed by atoms with Crippen molar-refractivity contribution in [2.75, 3.05) is 6.61 Å². The van der Waals surface area contributed by atoms with Crippen molar-refractivity contribution in [3.05, 3.63) is 29.0 Å². The van der Waals surface area contributed by atoms with Gasteiger partial charge in [-0.3, -0.25) is 0 Å². The molecule has 0 radical (unpaired) electrons. The van der Waals surface area contributed by atoms with Gasteiger partial charge in [-0.15, -0.1) is 0 Å². The smallest absolute Gasteiger partial charge is 0.261 e. The molecule has 0 amide bonds. The van der Waals surface area contributed by atoms with Gasteiger partial charge in [0.15, 0.2) is 5.82 Å². The molecule has 0 atom stereocenters. The molecule has 1 heterocycles. The highest BCUT2D eigenvalue weighted by Gasteiger charge is 2.36. The summed E-state index contributed by atoms with van der Waals surface area (Å²) < 4.78 is 11.2. The maximum absolute atomic E-state index is 6.38. The number of aromatic nitrogens is 2. The Bertz CT molecular complexity index is 651. The third-order valence-corrected chi connectivity index (χ3v) is 4.24. The van der Waals surface area contributed by atoms with Crippen LogP contribution in [0.15, 0.2) is 22.7 Å². The highest BCUT2D eigenvalue weighted by molar-refractivity contribution is 6.30. The summed E-state index contributed by atoms with van der Waals surface area (Å²) in [6.07, 6.45) is 4.90. The van der Waals surface area contributed by atoms with E-state index in [-0.39, 0.29) is 0 Å². The zero-order chi connectivity index (χ0) is 15.6. The van der Waals surface area contributed by atoms with E-state index in [0.29, 0.717) is 34.7 Å².